The minimum Gasteiger partial charge on any atom is -0.496 e. The average Bonchev–Trinajstić information content (AvgIpc) is 3.80. The molecule has 2 heterocycles. The number of methoxy groups -OCH3 is 1. The molecular weight excluding hydrogens is 555 g/mol. The molecule has 0 bridgehead atoms. The van der Waals surface area contributed by atoms with Crippen molar-refractivity contribution in [2.75, 3.05) is 20.3 Å². The van der Waals surface area contributed by atoms with Gasteiger partial charge in [-0.25, -0.2) is 9.87 Å². The number of benzene rings is 3. The van der Waals surface area contributed by atoms with Crippen LogP contribution in [-0.2, 0) is 32.0 Å². The maximum Gasteiger partial charge on any atom is 0.278 e. The van der Waals surface area contributed by atoms with Crippen molar-refractivity contribution in [2.45, 2.75) is 31.8 Å². The van der Waals surface area contributed by atoms with Gasteiger partial charge in [0.1, 0.15) is 29.2 Å². The van der Waals surface area contributed by atoms with Gasteiger partial charge >= 0.3 is 0 Å². The van der Waals surface area contributed by atoms with E-state index < -0.39 is 11.3 Å². The highest BCUT2D eigenvalue weighted by Gasteiger charge is 2.54. The van der Waals surface area contributed by atoms with E-state index in [2.05, 4.69) is 10.5 Å². The number of Topliss-reactive ketones (excluding diaryl/α,β-unsaturated/α-hetero) is 2. The van der Waals surface area contributed by atoms with E-state index in [0.29, 0.717) is 59.8 Å². The molecule has 4 aromatic rings. The van der Waals surface area contributed by atoms with E-state index in [-0.39, 0.29) is 41.9 Å². The van der Waals surface area contributed by atoms with Crippen LogP contribution in [0.2, 0.25) is 0 Å². The first-order chi connectivity index (χ1) is 20.8. The van der Waals surface area contributed by atoms with Gasteiger partial charge in [-0.3, -0.25) is 24.2 Å². The number of hydrogen-bond donors (Lipinski definition) is 1. The molecular formula is C33H29FN2O7. The van der Waals surface area contributed by atoms with Gasteiger partial charge < -0.3 is 14.2 Å². The van der Waals surface area contributed by atoms with Crippen LogP contribution in [0.15, 0.2) is 72.9 Å². The van der Waals surface area contributed by atoms with Crippen LogP contribution in [0.3, 0.4) is 0 Å². The van der Waals surface area contributed by atoms with Crippen LogP contribution < -0.4 is 15.0 Å². The molecule has 1 saturated heterocycles. The number of carbonyl (C=O) groups excluding carboxylic acids is 3. The molecule has 1 aliphatic carbocycles. The van der Waals surface area contributed by atoms with Crippen molar-refractivity contribution in [1.82, 2.24) is 10.5 Å². The predicted molar refractivity (Wildman–Crippen MR) is 153 cm³/mol. The molecule has 1 N–H and O–H groups in total. The number of nitrogens with zero attached hydrogens (tertiary/aromatic N) is 1. The first-order valence-corrected chi connectivity index (χ1v) is 13.9. The quantitative estimate of drug-likeness (QED) is 0.184. The second kappa shape index (κ2) is 11.9. The van der Waals surface area contributed by atoms with Gasteiger partial charge in [0.2, 0.25) is 0 Å². The van der Waals surface area contributed by atoms with Crippen LogP contribution in [0.4, 0.5) is 4.39 Å². The molecule has 1 aromatic heterocycles. The van der Waals surface area contributed by atoms with Crippen LogP contribution in [0, 0.1) is 11.2 Å². The summed E-state index contributed by atoms with van der Waals surface area (Å²) in [7, 11) is 1.47. The summed E-state index contributed by atoms with van der Waals surface area (Å²) in [6.45, 7) is 0.834. The third-order valence-electron chi connectivity index (χ3n) is 7.80. The number of hydroxylamine groups is 1. The van der Waals surface area contributed by atoms with E-state index in [0.717, 1.165) is 5.56 Å². The Morgan fingerprint density at radius 3 is 2.16 bits per heavy atom. The molecule has 2 fully saturated rings. The molecule has 0 unspecified atom stereocenters. The van der Waals surface area contributed by atoms with Crippen molar-refractivity contribution in [2.24, 2.45) is 5.41 Å². The van der Waals surface area contributed by atoms with Crippen molar-refractivity contribution < 1.29 is 37.8 Å². The number of ketones is 2. The summed E-state index contributed by atoms with van der Waals surface area (Å²) in [6, 6.07) is 17.9. The molecule has 0 spiro atoms. The highest BCUT2D eigenvalue weighted by molar-refractivity contribution is 6.11. The summed E-state index contributed by atoms with van der Waals surface area (Å²) >= 11 is 0. The van der Waals surface area contributed by atoms with Crippen molar-refractivity contribution >= 4 is 28.4 Å². The lowest BCUT2D eigenvalue weighted by Gasteiger charge is -2.25. The smallest absolute Gasteiger partial charge is 0.278 e. The molecule has 2 aliphatic rings. The molecule has 9 nitrogen and oxygen atoms in total. The third kappa shape index (κ3) is 6.11. The topological polar surface area (TPSA) is 113 Å². The summed E-state index contributed by atoms with van der Waals surface area (Å²) < 4.78 is 29.8. The van der Waals surface area contributed by atoms with Gasteiger partial charge in [-0.1, -0.05) is 24.3 Å². The highest BCUT2D eigenvalue weighted by Crippen LogP contribution is 2.49. The number of rotatable bonds is 12. The number of ether oxygens (including phenoxy) is 3. The van der Waals surface area contributed by atoms with Gasteiger partial charge in [0.05, 0.1) is 36.8 Å². The number of aromatic nitrogens is 1. The van der Waals surface area contributed by atoms with Crippen molar-refractivity contribution in [3.05, 3.63) is 95.4 Å². The molecule has 0 radical (unpaired) electrons. The number of fused-ring (bicyclic) bond motifs is 1. The maximum absolute atomic E-state index is 13.2. The Bertz CT molecular complexity index is 1680. The van der Waals surface area contributed by atoms with E-state index in [9.17, 15) is 18.8 Å². The van der Waals surface area contributed by atoms with E-state index in [1.165, 1.54) is 19.2 Å². The van der Waals surface area contributed by atoms with Crippen molar-refractivity contribution in [1.29, 1.82) is 0 Å². The second-order valence-electron chi connectivity index (χ2n) is 10.7. The van der Waals surface area contributed by atoms with Gasteiger partial charge in [-0.05, 0) is 60.4 Å². The number of amides is 1. The fourth-order valence-electron chi connectivity index (χ4n) is 5.01. The van der Waals surface area contributed by atoms with Crippen LogP contribution in [-0.4, -0.2) is 48.9 Å². The molecule has 1 saturated carbocycles. The Kier molecular flexibility index (Phi) is 7.88. The lowest BCUT2D eigenvalue weighted by molar-refractivity contribution is -0.152. The number of hydrogen-bond acceptors (Lipinski definition) is 8. The average molecular weight is 585 g/mol. The van der Waals surface area contributed by atoms with E-state index in [1.54, 1.807) is 60.8 Å². The minimum atomic E-state index is -0.957. The first kappa shape index (κ1) is 28.4. The molecule has 10 heteroatoms. The number of nitrogens with one attached hydrogen (secondary N) is 1. The zero-order chi connectivity index (χ0) is 30.0. The van der Waals surface area contributed by atoms with Gasteiger partial charge in [0, 0.05) is 30.5 Å². The first-order valence-electron chi connectivity index (χ1n) is 13.9. The number of halogens is 1. The third-order valence-corrected chi connectivity index (χ3v) is 7.80. The van der Waals surface area contributed by atoms with Crippen molar-refractivity contribution in [3.63, 3.8) is 0 Å². The molecule has 3 aromatic carbocycles. The Morgan fingerprint density at radius 2 is 1.58 bits per heavy atom. The highest BCUT2D eigenvalue weighted by atomic mass is 19.1. The number of pyridine rings is 1. The Hall–Kier alpha value is -4.67. The Labute approximate surface area is 246 Å². The SMILES string of the molecule is COc1cc2nccc(Oc3ccc(CC(=O)C4(C(=O)Cc5ccc(F)cc5)CC4)cc3)c2cc1C(=O)NOC1COC1. The zero-order valence-electron chi connectivity index (χ0n) is 23.4. The fraction of sp³-hybridized carbons (Fsp3) is 0.273. The van der Waals surface area contributed by atoms with Crippen molar-refractivity contribution in [3.8, 4) is 17.2 Å². The molecule has 43 heavy (non-hydrogen) atoms. The number of carbonyl (C=O) groups is 3. The monoisotopic (exact) mass is 584 g/mol. The summed E-state index contributed by atoms with van der Waals surface area (Å²) in [5.74, 6) is 0.260. The van der Waals surface area contributed by atoms with Gasteiger partial charge in [-0.2, -0.15) is 0 Å². The van der Waals surface area contributed by atoms with Crippen LogP contribution >= 0.6 is 0 Å². The van der Waals surface area contributed by atoms with Crippen LogP contribution in [0.1, 0.15) is 34.3 Å². The summed E-state index contributed by atoms with van der Waals surface area (Å²) in [6.07, 6.45) is 2.72. The lowest BCUT2D eigenvalue weighted by Crippen LogP contribution is -2.41. The molecule has 6 rings (SSSR count). The lowest BCUT2D eigenvalue weighted by atomic mass is 9.88. The molecule has 1 aliphatic heterocycles. The van der Waals surface area contributed by atoms with Gasteiger partial charge in [-0.15, -0.1) is 0 Å². The summed E-state index contributed by atoms with van der Waals surface area (Å²) in [5, 5.41) is 0.593. The second-order valence-corrected chi connectivity index (χ2v) is 10.7. The van der Waals surface area contributed by atoms with E-state index in [1.807, 2.05) is 0 Å². The van der Waals surface area contributed by atoms with E-state index >= 15 is 0 Å². The summed E-state index contributed by atoms with van der Waals surface area (Å²) in [5.41, 5.74) is 3.77. The largest absolute Gasteiger partial charge is 0.496 e. The zero-order valence-corrected chi connectivity index (χ0v) is 23.4. The maximum atomic E-state index is 13.2. The normalized spacial score (nSPS) is 15.4. The molecule has 1 amide bonds. The summed E-state index contributed by atoms with van der Waals surface area (Å²) in [4.78, 5) is 48.7. The fourth-order valence-corrected chi connectivity index (χ4v) is 5.01. The standard InChI is InChI=1S/C33H29FN2O7/c1-40-29-17-27-25(16-26(29)32(39)36-43-24-18-41-19-24)28(10-13-35-27)42-23-8-4-21(5-9-23)15-31(38)33(11-12-33)30(37)14-20-2-6-22(34)7-3-20/h2-10,13,16-17,24H,11-12,14-15,18-19H2,1H3,(H,36,39). The molecule has 220 valence electrons. The van der Waals surface area contributed by atoms with Gasteiger partial charge in [0.15, 0.2) is 11.6 Å². The molecule has 0 atom stereocenters. The van der Waals surface area contributed by atoms with Crippen LogP contribution in [0.5, 0.6) is 17.2 Å². The van der Waals surface area contributed by atoms with E-state index in [4.69, 9.17) is 19.0 Å². The Balaban J connectivity index is 1.14. The minimum absolute atomic E-state index is 0.108. The van der Waals surface area contributed by atoms with Gasteiger partial charge in [0.25, 0.3) is 5.91 Å². The Morgan fingerprint density at radius 1 is 0.930 bits per heavy atom. The predicted octanol–water partition coefficient (Wildman–Crippen LogP) is 4.94. The van der Waals surface area contributed by atoms with Crippen LogP contribution in [0.25, 0.3) is 10.9 Å².